The normalized spacial score (nSPS) is 21.1. The van der Waals surface area contributed by atoms with Crippen LogP contribution in [0.3, 0.4) is 0 Å². The SMILES string of the molecule is Cn1ccnc1C(=O)N[C@H](c1nc2cc(CN3C[C@@H](C(F)(F)F)NC3=O)ccc2o1)C(C1CC1)C1CC1. The molecule has 37 heavy (non-hydrogen) atoms. The maximum absolute atomic E-state index is 13.1. The summed E-state index contributed by atoms with van der Waals surface area (Å²) in [6.45, 7) is -0.432. The van der Waals surface area contributed by atoms with Gasteiger partial charge in [0, 0.05) is 26.0 Å². The summed E-state index contributed by atoms with van der Waals surface area (Å²) in [6.07, 6.45) is 3.22. The maximum atomic E-state index is 13.1. The minimum atomic E-state index is -4.50. The van der Waals surface area contributed by atoms with Gasteiger partial charge in [0.2, 0.25) is 5.89 Å². The summed E-state index contributed by atoms with van der Waals surface area (Å²) in [6, 6.07) is 2.09. The van der Waals surface area contributed by atoms with Crippen LogP contribution in [-0.2, 0) is 13.6 Å². The van der Waals surface area contributed by atoms with Gasteiger partial charge in [-0.15, -0.1) is 0 Å². The third kappa shape index (κ3) is 4.76. The van der Waals surface area contributed by atoms with Crippen LogP contribution in [0.5, 0.6) is 0 Å². The molecule has 2 atom stereocenters. The van der Waals surface area contributed by atoms with Gasteiger partial charge in [0.1, 0.15) is 17.6 Å². The lowest BCUT2D eigenvalue weighted by Crippen LogP contribution is -2.40. The molecule has 0 bridgehead atoms. The van der Waals surface area contributed by atoms with E-state index in [-0.39, 0.29) is 18.4 Å². The number of rotatable bonds is 8. The molecule has 196 valence electrons. The van der Waals surface area contributed by atoms with Gasteiger partial charge in [-0.2, -0.15) is 13.2 Å². The Morgan fingerprint density at radius 3 is 2.57 bits per heavy atom. The van der Waals surface area contributed by atoms with E-state index in [2.05, 4.69) is 10.3 Å². The lowest BCUT2D eigenvalue weighted by molar-refractivity contribution is -0.149. The largest absolute Gasteiger partial charge is 0.438 e. The number of hydrogen-bond acceptors (Lipinski definition) is 5. The van der Waals surface area contributed by atoms with Crippen molar-refractivity contribution in [3.63, 3.8) is 0 Å². The minimum Gasteiger partial charge on any atom is -0.438 e. The van der Waals surface area contributed by atoms with E-state index in [1.807, 2.05) is 5.32 Å². The number of nitrogens with one attached hydrogen (secondary N) is 2. The molecular formula is C25H27F3N6O3. The van der Waals surface area contributed by atoms with Gasteiger partial charge in [-0.05, 0) is 61.1 Å². The lowest BCUT2D eigenvalue weighted by atomic mass is 9.89. The Morgan fingerprint density at radius 2 is 1.97 bits per heavy atom. The molecule has 0 spiro atoms. The van der Waals surface area contributed by atoms with Gasteiger partial charge in [0.25, 0.3) is 5.91 Å². The second-order valence-corrected chi connectivity index (χ2v) is 10.3. The van der Waals surface area contributed by atoms with Crippen LogP contribution in [-0.4, -0.2) is 50.1 Å². The molecule has 2 aliphatic carbocycles. The number of halogens is 3. The summed E-state index contributed by atoms with van der Waals surface area (Å²) in [7, 11) is 1.76. The Balaban J connectivity index is 1.26. The number of carbonyl (C=O) groups is 2. The van der Waals surface area contributed by atoms with Crippen LogP contribution in [0.1, 0.15) is 53.8 Å². The fourth-order valence-electron chi connectivity index (χ4n) is 5.36. The predicted octanol–water partition coefficient (Wildman–Crippen LogP) is 3.92. The molecule has 3 heterocycles. The van der Waals surface area contributed by atoms with Crippen molar-refractivity contribution in [1.29, 1.82) is 0 Å². The number of aromatic nitrogens is 3. The number of amides is 3. The summed E-state index contributed by atoms with van der Waals surface area (Å²) >= 11 is 0. The first-order valence-corrected chi connectivity index (χ1v) is 12.5. The minimum absolute atomic E-state index is 0.0165. The standard InChI is InChI=1S/C25H27F3N6O3/c1-33-9-8-29-21(33)22(35)32-20(19(14-3-4-14)15-5-6-15)23-30-16-10-13(2-7-17(16)37-23)11-34-12-18(25(26,27)28)31-24(34)36/h2,7-10,14-15,18-20H,3-6,11-12H2,1H3,(H,31,36)(H,32,35)/t18-,20-/m0/s1. The molecule has 1 aliphatic heterocycles. The Hall–Kier alpha value is -3.57. The van der Waals surface area contributed by atoms with E-state index in [0.717, 1.165) is 30.6 Å². The molecule has 6 rings (SSSR count). The Labute approximate surface area is 210 Å². The van der Waals surface area contributed by atoms with Gasteiger partial charge in [0.05, 0.1) is 6.54 Å². The van der Waals surface area contributed by atoms with Crippen LogP contribution in [0.2, 0.25) is 0 Å². The third-order valence-electron chi connectivity index (χ3n) is 7.52. The monoisotopic (exact) mass is 516 g/mol. The maximum Gasteiger partial charge on any atom is 0.410 e. The van der Waals surface area contributed by atoms with E-state index in [9.17, 15) is 22.8 Å². The summed E-state index contributed by atoms with van der Waals surface area (Å²) in [5.41, 5.74) is 1.68. The van der Waals surface area contributed by atoms with Gasteiger partial charge in [-0.3, -0.25) is 4.79 Å². The van der Waals surface area contributed by atoms with E-state index in [0.29, 0.717) is 40.2 Å². The van der Waals surface area contributed by atoms with Crippen LogP contribution in [0.4, 0.5) is 18.0 Å². The molecule has 2 aromatic heterocycles. The van der Waals surface area contributed by atoms with Crippen molar-refractivity contribution in [2.75, 3.05) is 6.54 Å². The number of alkyl halides is 3. The number of aryl methyl sites for hydroxylation is 1. The second-order valence-electron chi connectivity index (χ2n) is 10.3. The molecule has 3 aliphatic rings. The second kappa shape index (κ2) is 8.77. The molecular weight excluding hydrogens is 489 g/mol. The van der Waals surface area contributed by atoms with Crippen molar-refractivity contribution in [3.8, 4) is 0 Å². The molecule has 3 aromatic rings. The number of oxazole rings is 1. The van der Waals surface area contributed by atoms with Crippen LogP contribution < -0.4 is 10.6 Å². The van der Waals surface area contributed by atoms with Crippen LogP contribution in [0, 0.1) is 17.8 Å². The van der Waals surface area contributed by atoms with E-state index >= 15 is 0 Å². The molecule has 9 nitrogen and oxygen atoms in total. The summed E-state index contributed by atoms with van der Waals surface area (Å²) < 4.78 is 46.9. The number of imidazole rings is 1. The summed E-state index contributed by atoms with van der Waals surface area (Å²) in [5.74, 6) is 1.62. The van der Waals surface area contributed by atoms with E-state index in [1.165, 1.54) is 0 Å². The number of nitrogens with zero attached hydrogens (tertiary/aromatic N) is 4. The highest BCUT2D eigenvalue weighted by atomic mass is 19.4. The molecule has 3 amide bonds. The average molecular weight is 517 g/mol. The Morgan fingerprint density at radius 1 is 1.24 bits per heavy atom. The lowest BCUT2D eigenvalue weighted by Gasteiger charge is -2.25. The first-order valence-electron chi connectivity index (χ1n) is 12.5. The van der Waals surface area contributed by atoms with Crippen molar-refractivity contribution < 1.29 is 27.2 Å². The zero-order chi connectivity index (χ0) is 25.9. The van der Waals surface area contributed by atoms with Gasteiger partial charge >= 0.3 is 12.2 Å². The first kappa shape index (κ1) is 23.8. The molecule has 3 fully saturated rings. The average Bonchev–Trinajstić information content (AvgIpc) is 3.74. The third-order valence-corrected chi connectivity index (χ3v) is 7.52. The molecule has 1 aromatic carbocycles. The van der Waals surface area contributed by atoms with E-state index in [1.54, 1.807) is 42.2 Å². The number of benzene rings is 1. The molecule has 0 unspecified atom stereocenters. The van der Waals surface area contributed by atoms with E-state index < -0.39 is 30.8 Å². The van der Waals surface area contributed by atoms with Gasteiger partial charge in [-0.25, -0.2) is 14.8 Å². The molecule has 0 radical (unpaired) electrons. The molecule has 2 N–H and O–H groups in total. The number of urea groups is 1. The number of hydrogen-bond donors (Lipinski definition) is 2. The topological polar surface area (TPSA) is 105 Å². The van der Waals surface area contributed by atoms with Gasteiger partial charge in [-0.1, -0.05) is 6.07 Å². The Bertz CT molecular complexity index is 1330. The molecule has 12 heteroatoms. The fraction of sp³-hybridized carbons (Fsp3) is 0.520. The number of carbonyl (C=O) groups excluding carboxylic acids is 2. The first-order chi connectivity index (χ1) is 17.7. The van der Waals surface area contributed by atoms with Crippen molar-refractivity contribution in [2.45, 2.75) is 50.5 Å². The van der Waals surface area contributed by atoms with E-state index in [4.69, 9.17) is 9.40 Å². The highest BCUT2D eigenvalue weighted by Gasteiger charge is 2.48. The van der Waals surface area contributed by atoms with Crippen LogP contribution >= 0.6 is 0 Å². The highest BCUT2D eigenvalue weighted by molar-refractivity contribution is 5.91. The fourth-order valence-corrected chi connectivity index (χ4v) is 5.36. The quantitative estimate of drug-likeness (QED) is 0.472. The van der Waals surface area contributed by atoms with Crippen LogP contribution in [0.15, 0.2) is 35.0 Å². The van der Waals surface area contributed by atoms with Crippen LogP contribution in [0.25, 0.3) is 11.1 Å². The van der Waals surface area contributed by atoms with Crippen molar-refractivity contribution in [2.24, 2.45) is 24.8 Å². The smallest absolute Gasteiger partial charge is 0.410 e. The Kier molecular flexibility index (Phi) is 5.64. The van der Waals surface area contributed by atoms with Crippen molar-refractivity contribution in [3.05, 3.63) is 47.9 Å². The summed E-state index contributed by atoms with van der Waals surface area (Å²) in [4.78, 5) is 35.2. The summed E-state index contributed by atoms with van der Waals surface area (Å²) in [5, 5.41) is 5.11. The van der Waals surface area contributed by atoms with Gasteiger partial charge < -0.3 is 24.5 Å². The van der Waals surface area contributed by atoms with Crippen molar-refractivity contribution >= 4 is 23.0 Å². The highest BCUT2D eigenvalue weighted by Crippen LogP contribution is 2.54. The van der Waals surface area contributed by atoms with Gasteiger partial charge in [0.15, 0.2) is 11.4 Å². The molecule has 2 saturated carbocycles. The number of fused-ring (bicyclic) bond motifs is 1. The zero-order valence-electron chi connectivity index (χ0n) is 20.2. The molecule has 1 saturated heterocycles. The van der Waals surface area contributed by atoms with Crippen molar-refractivity contribution in [1.82, 2.24) is 30.1 Å². The zero-order valence-corrected chi connectivity index (χ0v) is 20.2. The predicted molar refractivity (Wildman–Crippen MR) is 125 cm³/mol.